The van der Waals surface area contributed by atoms with E-state index in [1.54, 1.807) is 13.2 Å². The Hall–Kier alpha value is -2.75. The molecular formula is C20H20O4. The van der Waals surface area contributed by atoms with Gasteiger partial charge in [0.15, 0.2) is 6.10 Å². The second-order valence-corrected chi connectivity index (χ2v) is 5.44. The fraction of sp³-hybridized carbons (Fsp3) is 0.250. The second-order valence-electron chi connectivity index (χ2n) is 5.44. The van der Waals surface area contributed by atoms with Crippen LogP contribution in [-0.2, 0) is 9.53 Å². The summed E-state index contributed by atoms with van der Waals surface area (Å²) in [7, 11) is 0. The van der Waals surface area contributed by atoms with Gasteiger partial charge in [-0.15, -0.1) is 0 Å². The molecule has 4 heteroatoms. The van der Waals surface area contributed by atoms with Crippen molar-refractivity contribution >= 4 is 16.7 Å². The van der Waals surface area contributed by atoms with Crippen LogP contribution in [0.3, 0.4) is 0 Å². The summed E-state index contributed by atoms with van der Waals surface area (Å²) in [6, 6.07) is 15.6. The minimum Gasteiger partial charge on any atom is -0.479 e. The fourth-order valence-electron chi connectivity index (χ4n) is 2.60. The van der Waals surface area contributed by atoms with Gasteiger partial charge >= 0.3 is 5.97 Å². The van der Waals surface area contributed by atoms with Crippen molar-refractivity contribution in [3.8, 4) is 17.1 Å². The van der Waals surface area contributed by atoms with Crippen LogP contribution in [0, 0.1) is 0 Å². The van der Waals surface area contributed by atoms with Crippen molar-refractivity contribution in [2.75, 3.05) is 6.61 Å². The predicted molar refractivity (Wildman–Crippen MR) is 93.0 cm³/mol. The molecule has 3 rings (SSSR count). The molecule has 0 amide bonds. The van der Waals surface area contributed by atoms with Gasteiger partial charge in [-0.3, -0.25) is 0 Å². The quantitative estimate of drug-likeness (QED) is 0.610. The van der Waals surface area contributed by atoms with Crippen molar-refractivity contribution in [1.82, 2.24) is 0 Å². The molecule has 2 aromatic carbocycles. The number of fused-ring (bicyclic) bond motifs is 1. The molecule has 0 saturated heterocycles. The zero-order valence-corrected chi connectivity index (χ0v) is 13.8. The molecule has 0 aliphatic heterocycles. The Balaban J connectivity index is 1.79. The van der Waals surface area contributed by atoms with Gasteiger partial charge < -0.3 is 13.9 Å². The van der Waals surface area contributed by atoms with E-state index in [-0.39, 0.29) is 5.97 Å². The van der Waals surface area contributed by atoms with E-state index in [9.17, 15) is 4.79 Å². The van der Waals surface area contributed by atoms with Crippen LogP contribution in [0.15, 0.2) is 59.2 Å². The standard InChI is InChI=1S/C20H20O4/c1-3-18(20(21)22-4-2)24-16-11-9-14(10-12-16)19-17-8-6-5-7-15(17)13-23-19/h5-13,18H,3-4H2,1-2H3. The maximum Gasteiger partial charge on any atom is 0.347 e. The highest BCUT2D eigenvalue weighted by atomic mass is 16.6. The van der Waals surface area contributed by atoms with E-state index in [0.29, 0.717) is 18.8 Å². The van der Waals surface area contributed by atoms with Crippen molar-refractivity contribution in [3.63, 3.8) is 0 Å². The number of benzene rings is 2. The second kappa shape index (κ2) is 7.21. The number of rotatable bonds is 6. The van der Waals surface area contributed by atoms with E-state index in [1.165, 1.54) is 0 Å². The van der Waals surface area contributed by atoms with Gasteiger partial charge in [-0.25, -0.2) is 4.79 Å². The van der Waals surface area contributed by atoms with Crippen LogP contribution in [0.25, 0.3) is 22.1 Å². The van der Waals surface area contributed by atoms with E-state index >= 15 is 0 Å². The molecular weight excluding hydrogens is 304 g/mol. The first-order valence-corrected chi connectivity index (χ1v) is 8.13. The van der Waals surface area contributed by atoms with Crippen LogP contribution in [0.5, 0.6) is 5.75 Å². The van der Waals surface area contributed by atoms with Crippen LogP contribution in [-0.4, -0.2) is 18.7 Å². The molecule has 1 atom stereocenters. The molecule has 1 heterocycles. The summed E-state index contributed by atoms with van der Waals surface area (Å²) < 4.78 is 16.5. The minimum absolute atomic E-state index is 0.332. The highest BCUT2D eigenvalue weighted by molar-refractivity contribution is 5.94. The lowest BCUT2D eigenvalue weighted by Crippen LogP contribution is -2.28. The van der Waals surface area contributed by atoms with Crippen LogP contribution >= 0.6 is 0 Å². The van der Waals surface area contributed by atoms with Crippen LogP contribution in [0.2, 0.25) is 0 Å². The van der Waals surface area contributed by atoms with Gasteiger partial charge in [-0.05, 0) is 37.6 Å². The Bertz CT molecular complexity index is 817. The van der Waals surface area contributed by atoms with E-state index < -0.39 is 6.10 Å². The van der Waals surface area contributed by atoms with E-state index in [1.807, 2.05) is 55.5 Å². The molecule has 1 aromatic heterocycles. The lowest BCUT2D eigenvalue weighted by atomic mass is 10.1. The molecule has 0 bridgehead atoms. The Morgan fingerprint density at radius 2 is 1.83 bits per heavy atom. The van der Waals surface area contributed by atoms with E-state index in [2.05, 4.69) is 0 Å². The molecule has 0 saturated carbocycles. The van der Waals surface area contributed by atoms with Crippen LogP contribution < -0.4 is 4.74 Å². The topological polar surface area (TPSA) is 48.7 Å². The van der Waals surface area contributed by atoms with Gasteiger partial charge in [-0.1, -0.05) is 31.2 Å². The first-order chi connectivity index (χ1) is 11.7. The average molecular weight is 324 g/mol. The zero-order chi connectivity index (χ0) is 16.9. The molecule has 0 spiro atoms. The molecule has 4 nitrogen and oxygen atoms in total. The van der Waals surface area contributed by atoms with Gasteiger partial charge in [0.2, 0.25) is 0 Å². The van der Waals surface area contributed by atoms with Crippen molar-refractivity contribution in [2.45, 2.75) is 26.4 Å². The molecule has 3 aromatic rings. The lowest BCUT2D eigenvalue weighted by Gasteiger charge is -2.16. The zero-order valence-electron chi connectivity index (χ0n) is 13.8. The smallest absolute Gasteiger partial charge is 0.347 e. The van der Waals surface area contributed by atoms with Gasteiger partial charge in [0, 0.05) is 16.3 Å². The maximum absolute atomic E-state index is 11.8. The van der Waals surface area contributed by atoms with Gasteiger partial charge in [0.1, 0.15) is 11.5 Å². The molecule has 0 aliphatic carbocycles. The Morgan fingerprint density at radius 3 is 2.54 bits per heavy atom. The third kappa shape index (κ3) is 3.27. The predicted octanol–water partition coefficient (Wildman–Crippen LogP) is 4.82. The molecule has 1 unspecified atom stereocenters. The fourth-order valence-corrected chi connectivity index (χ4v) is 2.60. The Morgan fingerprint density at radius 1 is 1.08 bits per heavy atom. The molecule has 0 N–H and O–H groups in total. The van der Waals surface area contributed by atoms with Crippen molar-refractivity contribution in [3.05, 3.63) is 54.8 Å². The number of furan rings is 1. The summed E-state index contributed by atoms with van der Waals surface area (Å²) >= 11 is 0. The van der Waals surface area contributed by atoms with Gasteiger partial charge in [-0.2, -0.15) is 0 Å². The Labute approximate surface area is 141 Å². The van der Waals surface area contributed by atoms with Crippen molar-refractivity contribution < 1.29 is 18.7 Å². The third-order valence-electron chi connectivity index (χ3n) is 3.82. The molecule has 124 valence electrons. The number of carbonyl (C=O) groups is 1. The summed E-state index contributed by atoms with van der Waals surface area (Å²) in [6.45, 7) is 4.03. The van der Waals surface area contributed by atoms with E-state index in [4.69, 9.17) is 13.9 Å². The maximum atomic E-state index is 11.8. The summed E-state index contributed by atoms with van der Waals surface area (Å²) in [4.78, 5) is 11.8. The third-order valence-corrected chi connectivity index (χ3v) is 3.82. The van der Waals surface area contributed by atoms with Crippen molar-refractivity contribution in [1.29, 1.82) is 0 Å². The monoisotopic (exact) mass is 324 g/mol. The molecule has 0 radical (unpaired) electrons. The Kier molecular flexibility index (Phi) is 4.85. The van der Waals surface area contributed by atoms with Crippen LogP contribution in [0.1, 0.15) is 20.3 Å². The summed E-state index contributed by atoms with van der Waals surface area (Å²) in [5.74, 6) is 1.13. The normalized spacial score (nSPS) is 12.1. The summed E-state index contributed by atoms with van der Waals surface area (Å²) in [5, 5.41) is 2.14. The van der Waals surface area contributed by atoms with Gasteiger partial charge in [0.05, 0.1) is 12.9 Å². The molecule has 0 fully saturated rings. The largest absolute Gasteiger partial charge is 0.479 e. The first-order valence-electron chi connectivity index (χ1n) is 8.13. The number of carbonyl (C=O) groups excluding carboxylic acids is 1. The van der Waals surface area contributed by atoms with Crippen LogP contribution in [0.4, 0.5) is 0 Å². The number of hydrogen-bond donors (Lipinski definition) is 0. The summed E-state index contributed by atoms with van der Waals surface area (Å²) in [6.07, 6.45) is 1.73. The van der Waals surface area contributed by atoms with E-state index in [0.717, 1.165) is 22.1 Å². The molecule has 24 heavy (non-hydrogen) atoms. The van der Waals surface area contributed by atoms with Gasteiger partial charge in [0.25, 0.3) is 0 Å². The minimum atomic E-state index is -0.583. The highest BCUT2D eigenvalue weighted by Crippen LogP contribution is 2.31. The number of esters is 1. The molecule has 0 aliphatic rings. The van der Waals surface area contributed by atoms with Crippen molar-refractivity contribution in [2.24, 2.45) is 0 Å². The lowest BCUT2D eigenvalue weighted by molar-refractivity contribution is -0.151. The SMILES string of the molecule is CCOC(=O)C(CC)Oc1ccc(-c2occ3ccccc23)cc1. The summed E-state index contributed by atoms with van der Waals surface area (Å²) in [5.41, 5.74) is 0.965. The first kappa shape index (κ1) is 16.1. The highest BCUT2D eigenvalue weighted by Gasteiger charge is 2.19. The number of hydrogen-bond acceptors (Lipinski definition) is 4. The number of ether oxygens (including phenoxy) is 2. The average Bonchev–Trinajstić information content (AvgIpc) is 3.04.